The molecule has 1 aliphatic rings. The maximum atomic E-state index is 12.2. The van der Waals surface area contributed by atoms with Crippen molar-refractivity contribution in [1.29, 1.82) is 0 Å². The van der Waals surface area contributed by atoms with Crippen LogP contribution in [0.1, 0.15) is 54.9 Å². The third-order valence-electron chi connectivity index (χ3n) is 4.17. The molecular weight excluding hydrogens is 272 g/mol. The molecule has 0 heterocycles. The van der Waals surface area contributed by atoms with E-state index in [4.69, 9.17) is 5.73 Å². The molecule has 0 radical (unpaired) electrons. The highest BCUT2D eigenvalue weighted by atomic mass is 35.5. The fourth-order valence-corrected chi connectivity index (χ4v) is 2.83. The Kier molecular flexibility index (Phi) is 7.03. The molecule has 0 saturated heterocycles. The summed E-state index contributed by atoms with van der Waals surface area (Å²) in [7, 11) is 0. The molecule has 0 aromatic heterocycles. The summed E-state index contributed by atoms with van der Waals surface area (Å²) in [6, 6.07) is 7.80. The lowest BCUT2D eigenvalue weighted by Crippen LogP contribution is -2.38. The molecule has 112 valence electrons. The van der Waals surface area contributed by atoms with E-state index in [1.807, 2.05) is 24.3 Å². The van der Waals surface area contributed by atoms with E-state index in [0.29, 0.717) is 12.5 Å². The van der Waals surface area contributed by atoms with Crippen molar-refractivity contribution in [2.24, 2.45) is 11.7 Å². The third-order valence-corrected chi connectivity index (χ3v) is 4.17. The van der Waals surface area contributed by atoms with E-state index < -0.39 is 0 Å². The second-order valence-corrected chi connectivity index (χ2v) is 5.56. The average Bonchev–Trinajstić information content (AvgIpc) is 2.48. The standard InChI is InChI=1S/C16H24N2O.ClH/c1-12(14-5-3-2-4-6-14)18-16(19)15-9-7-13(11-17)8-10-15;/h7-10,12,14H,2-6,11,17H2,1H3,(H,18,19);1H. The van der Waals surface area contributed by atoms with Crippen LogP contribution in [0.2, 0.25) is 0 Å². The number of carbonyl (C=O) groups is 1. The number of hydrogen-bond donors (Lipinski definition) is 2. The fourth-order valence-electron chi connectivity index (χ4n) is 2.83. The smallest absolute Gasteiger partial charge is 0.251 e. The molecule has 1 aliphatic carbocycles. The highest BCUT2D eigenvalue weighted by Crippen LogP contribution is 2.26. The van der Waals surface area contributed by atoms with Crippen LogP contribution >= 0.6 is 12.4 Å². The summed E-state index contributed by atoms with van der Waals surface area (Å²) in [5.74, 6) is 0.669. The van der Waals surface area contributed by atoms with Gasteiger partial charge in [0.1, 0.15) is 0 Å². The molecule has 0 spiro atoms. The Morgan fingerprint density at radius 2 is 1.85 bits per heavy atom. The van der Waals surface area contributed by atoms with Crippen LogP contribution < -0.4 is 11.1 Å². The van der Waals surface area contributed by atoms with Gasteiger partial charge in [-0.1, -0.05) is 31.4 Å². The van der Waals surface area contributed by atoms with Crippen LogP contribution in [0.4, 0.5) is 0 Å². The SMILES string of the molecule is CC(NC(=O)c1ccc(CN)cc1)C1CCCCC1.Cl. The van der Waals surface area contributed by atoms with Crippen LogP contribution in [0, 0.1) is 5.92 Å². The van der Waals surface area contributed by atoms with E-state index in [2.05, 4.69) is 12.2 Å². The van der Waals surface area contributed by atoms with E-state index in [-0.39, 0.29) is 24.4 Å². The van der Waals surface area contributed by atoms with Crippen LogP contribution in [0.3, 0.4) is 0 Å². The van der Waals surface area contributed by atoms with E-state index in [0.717, 1.165) is 11.1 Å². The molecule has 4 heteroatoms. The zero-order valence-corrected chi connectivity index (χ0v) is 12.9. The molecule has 3 nitrogen and oxygen atoms in total. The van der Waals surface area contributed by atoms with Gasteiger partial charge >= 0.3 is 0 Å². The molecule has 1 unspecified atom stereocenters. The van der Waals surface area contributed by atoms with Crippen molar-refractivity contribution in [1.82, 2.24) is 5.32 Å². The average molecular weight is 297 g/mol. The topological polar surface area (TPSA) is 55.1 Å². The lowest BCUT2D eigenvalue weighted by molar-refractivity contribution is 0.0919. The van der Waals surface area contributed by atoms with Gasteiger partial charge in [-0.3, -0.25) is 4.79 Å². The van der Waals surface area contributed by atoms with E-state index in [1.165, 1.54) is 32.1 Å². The maximum absolute atomic E-state index is 12.2. The first-order chi connectivity index (χ1) is 9.20. The summed E-state index contributed by atoms with van der Waals surface area (Å²) >= 11 is 0. The molecule has 1 fully saturated rings. The minimum Gasteiger partial charge on any atom is -0.349 e. The molecule has 1 aromatic carbocycles. The normalized spacial score (nSPS) is 17.1. The van der Waals surface area contributed by atoms with Gasteiger partial charge in [-0.05, 0) is 43.4 Å². The van der Waals surface area contributed by atoms with Crippen LogP contribution in [-0.4, -0.2) is 11.9 Å². The summed E-state index contributed by atoms with van der Waals surface area (Å²) in [5.41, 5.74) is 7.33. The predicted octanol–water partition coefficient (Wildman–Crippen LogP) is 3.27. The van der Waals surface area contributed by atoms with Gasteiger partial charge in [-0.25, -0.2) is 0 Å². The zero-order chi connectivity index (χ0) is 13.7. The Hall–Kier alpha value is -1.06. The summed E-state index contributed by atoms with van der Waals surface area (Å²) < 4.78 is 0. The molecule has 1 saturated carbocycles. The van der Waals surface area contributed by atoms with Crippen molar-refractivity contribution in [2.45, 2.75) is 51.6 Å². The summed E-state index contributed by atoms with van der Waals surface area (Å²) in [5, 5.41) is 3.13. The number of halogens is 1. The lowest BCUT2D eigenvalue weighted by atomic mass is 9.84. The summed E-state index contributed by atoms with van der Waals surface area (Å²) in [6.45, 7) is 2.64. The van der Waals surface area contributed by atoms with Gasteiger partial charge in [0.2, 0.25) is 0 Å². The number of carbonyl (C=O) groups excluding carboxylic acids is 1. The Morgan fingerprint density at radius 1 is 1.25 bits per heavy atom. The molecule has 0 aliphatic heterocycles. The number of amides is 1. The van der Waals surface area contributed by atoms with Crippen molar-refractivity contribution >= 4 is 18.3 Å². The van der Waals surface area contributed by atoms with Crippen molar-refractivity contribution in [3.63, 3.8) is 0 Å². The second-order valence-electron chi connectivity index (χ2n) is 5.56. The van der Waals surface area contributed by atoms with Gasteiger partial charge in [0.05, 0.1) is 0 Å². The highest BCUT2D eigenvalue weighted by Gasteiger charge is 2.21. The van der Waals surface area contributed by atoms with E-state index >= 15 is 0 Å². The number of nitrogens with one attached hydrogen (secondary N) is 1. The maximum Gasteiger partial charge on any atom is 0.251 e. The molecule has 2 rings (SSSR count). The van der Waals surface area contributed by atoms with Gasteiger partial charge in [-0.15, -0.1) is 12.4 Å². The molecule has 1 atom stereocenters. The number of rotatable bonds is 4. The quantitative estimate of drug-likeness (QED) is 0.896. The van der Waals surface area contributed by atoms with Crippen molar-refractivity contribution in [3.05, 3.63) is 35.4 Å². The number of hydrogen-bond acceptors (Lipinski definition) is 2. The van der Waals surface area contributed by atoms with Crippen molar-refractivity contribution in [2.75, 3.05) is 0 Å². The van der Waals surface area contributed by atoms with Gasteiger partial charge in [0, 0.05) is 18.2 Å². The van der Waals surface area contributed by atoms with Gasteiger partial charge < -0.3 is 11.1 Å². The first-order valence-corrected chi connectivity index (χ1v) is 7.30. The molecule has 1 aromatic rings. The van der Waals surface area contributed by atoms with Gasteiger partial charge in [0.25, 0.3) is 5.91 Å². The van der Waals surface area contributed by atoms with Crippen LogP contribution in [0.15, 0.2) is 24.3 Å². The Morgan fingerprint density at radius 3 is 2.40 bits per heavy atom. The minimum absolute atomic E-state index is 0. The molecule has 3 N–H and O–H groups in total. The third kappa shape index (κ3) is 4.50. The first kappa shape index (κ1) is 17.0. The Balaban J connectivity index is 0.00000200. The summed E-state index contributed by atoms with van der Waals surface area (Å²) in [6.07, 6.45) is 6.44. The molecule has 20 heavy (non-hydrogen) atoms. The van der Waals surface area contributed by atoms with Crippen LogP contribution in [0.25, 0.3) is 0 Å². The van der Waals surface area contributed by atoms with E-state index in [1.54, 1.807) is 0 Å². The molecule has 1 amide bonds. The van der Waals surface area contributed by atoms with Gasteiger partial charge in [0.15, 0.2) is 0 Å². The Labute approximate surface area is 127 Å². The Bertz CT molecular complexity index is 413. The molecular formula is C16H25ClN2O. The first-order valence-electron chi connectivity index (χ1n) is 7.30. The largest absolute Gasteiger partial charge is 0.349 e. The van der Waals surface area contributed by atoms with Crippen LogP contribution in [-0.2, 0) is 6.54 Å². The van der Waals surface area contributed by atoms with Crippen LogP contribution in [0.5, 0.6) is 0 Å². The van der Waals surface area contributed by atoms with E-state index in [9.17, 15) is 4.79 Å². The zero-order valence-electron chi connectivity index (χ0n) is 12.1. The monoisotopic (exact) mass is 296 g/mol. The van der Waals surface area contributed by atoms with Crippen molar-refractivity contribution in [3.8, 4) is 0 Å². The van der Waals surface area contributed by atoms with Gasteiger partial charge in [-0.2, -0.15) is 0 Å². The second kappa shape index (κ2) is 8.28. The predicted molar refractivity (Wildman–Crippen MR) is 85.1 cm³/mol. The number of benzene rings is 1. The lowest BCUT2D eigenvalue weighted by Gasteiger charge is -2.28. The summed E-state index contributed by atoms with van der Waals surface area (Å²) in [4.78, 5) is 12.2. The van der Waals surface area contributed by atoms with Crippen molar-refractivity contribution < 1.29 is 4.79 Å². The molecule has 0 bridgehead atoms. The number of nitrogens with two attached hydrogens (primary N) is 1. The fraction of sp³-hybridized carbons (Fsp3) is 0.562. The minimum atomic E-state index is 0. The highest BCUT2D eigenvalue weighted by molar-refractivity contribution is 5.94.